The Morgan fingerprint density at radius 2 is 1.93 bits per heavy atom. The van der Waals surface area contributed by atoms with E-state index in [4.69, 9.17) is 4.52 Å². The summed E-state index contributed by atoms with van der Waals surface area (Å²) in [5.74, 6) is 0. The van der Waals surface area contributed by atoms with Gasteiger partial charge in [0.15, 0.2) is 5.58 Å². The Hall–Kier alpha value is -3.71. The van der Waals surface area contributed by atoms with Gasteiger partial charge in [-0.25, -0.2) is 4.79 Å². The molecule has 7 heteroatoms. The van der Waals surface area contributed by atoms with E-state index in [0.717, 1.165) is 27.8 Å². The first-order valence-electron chi connectivity index (χ1n) is 9.13. The monoisotopic (exact) mass is 389 g/mol. The second-order valence-electron chi connectivity index (χ2n) is 6.63. The maximum atomic E-state index is 11.5. The molecule has 29 heavy (non-hydrogen) atoms. The second kappa shape index (κ2) is 8.12. The third-order valence-electron chi connectivity index (χ3n) is 4.75. The fourth-order valence-electron chi connectivity index (χ4n) is 3.41. The molecule has 1 amide bonds. The first kappa shape index (κ1) is 18.6. The molecule has 0 saturated carbocycles. The highest BCUT2D eigenvalue weighted by Crippen LogP contribution is 2.34. The van der Waals surface area contributed by atoms with E-state index < -0.39 is 12.1 Å². The van der Waals surface area contributed by atoms with Crippen LogP contribution in [0.5, 0.6) is 0 Å². The maximum absolute atomic E-state index is 11.5. The van der Waals surface area contributed by atoms with Crippen molar-refractivity contribution in [1.29, 1.82) is 0 Å². The molecule has 0 spiro atoms. The Kier molecular flexibility index (Phi) is 5.22. The van der Waals surface area contributed by atoms with Crippen molar-refractivity contribution < 1.29 is 19.5 Å². The van der Waals surface area contributed by atoms with E-state index in [1.807, 2.05) is 54.6 Å². The number of nitrogens with one attached hydrogen (secondary N) is 1. The molecular weight excluding hydrogens is 370 g/mol. The zero-order chi connectivity index (χ0) is 20.2. The smallest absolute Gasteiger partial charge is 0.405 e. The summed E-state index contributed by atoms with van der Waals surface area (Å²) in [5, 5.41) is 26.3. The van der Waals surface area contributed by atoms with Crippen LogP contribution in [0.25, 0.3) is 22.2 Å². The minimum Gasteiger partial charge on any atom is -0.465 e. The summed E-state index contributed by atoms with van der Waals surface area (Å²) in [4.78, 5) is 15.8. The van der Waals surface area contributed by atoms with Gasteiger partial charge < -0.3 is 20.1 Å². The van der Waals surface area contributed by atoms with Crippen LogP contribution in [0, 0.1) is 0 Å². The lowest BCUT2D eigenvalue weighted by Crippen LogP contribution is -2.29. The lowest BCUT2D eigenvalue weighted by molar-refractivity contribution is 0.189. The molecule has 0 aliphatic carbocycles. The molecule has 1 atom stereocenters. The quantitative estimate of drug-likeness (QED) is 0.461. The van der Waals surface area contributed by atoms with Crippen molar-refractivity contribution in [3.8, 4) is 11.3 Å². The fourth-order valence-corrected chi connectivity index (χ4v) is 3.41. The van der Waals surface area contributed by atoms with E-state index >= 15 is 0 Å². The first-order valence-corrected chi connectivity index (χ1v) is 9.13. The van der Waals surface area contributed by atoms with Crippen LogP contribution in [0.4, 0.5) is 4.79 Å². The summed E-state index contributed by atoms with van der Waals surface area (Å²) >= 11 is 0. The molecule has 1 unspecified atom stereocenters. The van der Waals surface area contributed by atoms with Gasteiger partial charge in [0.1, 0.15) is 5.69 Å². The zero-order valence-corrected chi connectivity index (χ0v) is 15.4. The summed E-state index contributed by atoms with van der Waals surface area (Å²) in [6.07, 6.45) is 0.968. The van der Waals surface area contributed by atoms with Gasteiger partial charge in [0.2, 0.25) is 0 Å². The van der Waals surface area contributed by atoms with Crippen LogP contribution in [0.2, 0.25) is 0 Å². The molecular formula is C22H19N3O4. The van der Waals surface area contributed by atoms with Gasteiger partial charge in [-0.15, -0.1) is 0 Å². The molecule has 3 N–H and O–H groups in total. The van der Waals surface area contributed by atoms with Gasteiger partial charge >= 0.3 is 6.09 Å². The Morgan fingerprint density at radius 3 is 2.69 bits per heavy atom. The average Bonchev–Trinajstić information content (AvgIpc) is 3.16. The molecule has 0 radical (unpaired) electrons. The van der Waals surface area contributed by atoms with Crippen molar-refractivity contribution in [1.82, 2.24) is 15.5 Å². The SMILES string of the molecule is O=C(O)NC(Cc1ccccn1)c1ccccc1-c1noc2cc(CO)ccc12. The van der Waals surface area contributed by atoms with Crippen LogP contribution in [0.3, 0.4) is 0 Å². The van der Waals surface area contributed by atoms with Gasteiger partial charge in [-0.05, 0) is 35.4 Å². The predicted octanol–water partition coefficient (Wildman–Crippen LogP) is 3.93. The number of aliphatic hydroxyl groups excluding tert-OH is 1. The molecule has 2 aromatic carbocycles. The normalized spacial score (nSPS) is 12.0. The van der Waals surface area contributed by atoms with Crippen LogP contribution < -0.4 is 5.32 Å². The number of benzene rings is 2. The molecule has 0 fully saturated rings. The van der Waals surface area contributed by atoms with E-state index in [1.165, 1.54) is 0 Å². The van der Waals surface area contributed by atoms with Crippen molar-refractivity contribution in [2.24, 2.45) is 0 Å². The van der Waals surface area contributed by atoms with Gasteiger partial charge in [-0.1, -0.05) is 41.6 Å². The number of pyridine rings is 1. The largest absolute Gasteiger partial charge is 0.465 e. The lowest BCUT2D eigenvalue weighted by Gasteiger charge is -2.20. The molecule has 4 rings (SSSR count). The van der Waals surface area contributed by atoms with E-state index in [9.17, 15) is 15.0 Å². The van der Waals surface area contributed by atoms with Gasteiger partial charge in [0.25, 0.3) is 0 Å². The van der Waals surface area contributed by atoms with Crippen LogP contribution in [-0.4, -0.2) is 26.4 Å². The number of rotatable bonds is 6. The average molecular weight is 389 g/mol. The van der Waals surface area contributed by atoms with Crippen molar-refractivity contribution >= 4 is 17.1 Å². The molecule has 146 valence electrons. The standard InChI is InChI=1S/C22H19N3O4/c26-13-14-8-9-18-20(11-14)29-25-21(18)17-7-2-1-6-16(17)19(24-22(27)28)12-15-5-3-4-10-23-15/h1-11,19,24,26H,12-13H2,(H,27,28). The van der Waals surface area contributed by atoms with Gasteiger partial charge in [-0.3, -0.25) is 4.98 Å². The van der Waals surface area contributed by atoms with Crippen LogP contribution in [0.15, 0.2) is 71.4 Å². The molecule has 7 nitrogen and oxygen atoms in total. The summed E-state index contributed by atoms with van der Waals surface area (Å²) in [7, 11) is 0. The summed E-state index contributed by atoms with van der Waals surface area (Å²) in [6, 6.07) is 17.9. The molecule has 0 saturated heterocycles. The number of aromatic nitrogens is 2. The number of fused-ring (bicyclic) bond motifs is 1. The van der Waals surface area contributed by atoms with E-state index in [-0.39, 0.29) is 6.61 Å². The van der Waals surface area contributed by atoms with E-state index in [0.29, 0.717) is 17.7 Å². The number of nitrogens with zero attached hydrogens (tertiary/aromatic N) is 2. The summed E-state index contributed by atoms with van der Waals surface area (Å²) in [5.41, 5.74) is 4.25. The molecule has 2 aromatic heterocycles. The van der Waals surface area contributed by atoms with E-state index in [2.05, 4.69) is 15.5 Å². The summed E-state index contributed by atoms with van der Waals surface area (Å²) in [6.45, 7) is -0.0861. The van der Waals surface area contributed by atoms with Crippen molar-refractivity contribution in [2.45, 2.75) is 19.1 Å². The van der Waals surface area contributed by atoms with Crippen LogP contribution in [-0.2, 0) is 13.0 Å². The fraction of sp³-hybridized carbons (Fsp3) is 0.136. The van der Waals surface area contributed by atoms with Crippen molar-refractivity contribution in [2.75, 3.05) is 0 Å². The zero-order valence-electron chi connectivity index (χ0n) is 15.4. The number of carboxylic acid groups (broad SMARTS) is 1. The van der Waals surface area contributed by atoms with Gasteiger partial charge in [0.05, 0.1) is 12.6 Å². The van der Waals surface area contributed by atoms with Gasteiger partial charge in [-0.2, -0.15) is 0 Å². The highest BCUT2D eigenvalue weighted by atomic mass is 16.5. The minimum atomic E-state index is -1.11. The second-order valence-corrected chi connectivity index (χ2v) is 6.63. The number of amides is 1. The molecule has 0 aliphatic rings. The Morgan fingerprint density at radius 1 is 1.10 bits per heavy atom. The van der Waals surface area contributed by atoms with E-state index in [1.54, 1.807) is 12.3 Å². The third kappa shape index (κ3) is 3.95. The Labute approximate surface area is 166 Å². The molecule has 0 aliphatic heterocycles. The first-order chi connectivity index (χ1) is 14.2. The van der Waals surface area contributed by atoms with Crippen LogP contribution in [0.1, 0.15) is 22.9 Å². The van der Waals surface area contributed by atoms with Gasteiger partial charge in [0, 0.05) is 29.3 Å². The number of hydrogen-bond acceptors (Lipinski definition) is 5. The molecule has 4 aromatic rings. The summed E-state index contributed by atoms with van der Waals surface area (Å²) < 4.78 is 5.47. The highest BCUT2D eigenvalue weighted by Gasteiger charge is 2.22. The van der Waals surface area contributed by atoms with Crippen LogP contribution >= 0.6 is 0 Å². The molecule has 2 heterocycles. The minimum absolute atomic E-state index is 0.0861. The van der Waals surface area contributed by atoms with Crippen molar-refractivity contribution in [3.05, 3.63) is 83.7 Å². The number of carbonyl (C=O) groups is 1. The maximum Gasteiger partial charge on any atom is 0.405 e. The lowest BCUT2D eigenvalue weighted by atomic mass is 9.93. The Balaban J connectivity index is 1.79. The predicted molar refractivity (Wildman–Crippen MR) is 107 cm³/mol. The number of hydrogen-bond donors (Lipinski definition) is 3. The number of aliphatic hydroxyl groups is 1. The topological polar surface area (TPSA) is 108 Å². The Bertz CT molecular complexity index is 1140. The van der Waals surface area contributed by atoms with Crippen molar-refractivity contribution in [3.63, 3.8) is 0 Å². The third-order valence-corrected chi connectivity index (χ3v) is 4.75. The molecule has 0 bridgehead atoms. The highest BCUT2D eigenvalue weighted by molar-refractivity contribution is 5.92.